The van der Waals surface area contributed by atoms with Crippen molar-refractivity contribution in [1.82, 2.24) is 41.3 Å². The number of aliphatic imine (C=N–C) groups is 1. The molecule has 4 aliphatic heterocycles. The Morgan fingerprint density at radius 3 is 1.83 bits per heavy atom. The molecule has 456 valence electrons. The number of guanidine groups is 1. The Bertz CT molecular complexity index is 2270. The minimum absolute atomic E-state index is 0.00861. The molecule has 4 fully saturated rings. The Balaban J connectivity index is 1.78. The number of amides is 8. The molecule has 0 aromatic carbocycles. The first-order chi connectivity index (χ1) is 38.3. The van der Waals surface area contributed by atoms with Gasteiger partial charge in [-0.25, -0.2) is 14.4 Å². The SMILES string of the molecule is CCC(C)CCCCCCCCC1CC(=O)N[C@@H]([C@@H](C)O)C(=O)N2CCC[C@H]2C(=O)N2CCC[C@H]2C(=O)N[C@@H](CCCN=C(N)N)C(=O)NC(C(O)C(=O)O)C(=O)N[C@@H](CO)C(=O)N2CCC(O)[C@H]2C(=O)N[C@@H](C(O)C(=O)O)C(=O)O1. The van der Waals surface area contributed by atoms with Crippen molar-refractivity contribution in [3.05, 3.63) is 0 Å². The van der Waals surface area contributed by atoms with Gasteiger partial charge in [0.05, 0.1) is 25.2 Å². The quantitative estimate of drug-likeness (QED) is 0.0235. The largest absolute Gasteiger partial charge is 0.479 e. The lowest BCUT2D eigenvalue weighted by atomic mass is 9.99. The number of carbonyl (C=O) groups excluding carboxylic acids is 9. The van der Waals surface area contributed by atoms with Crippen molar-refractivity contribution in [3.8, 4) is 0 Å². The van der Waals surface area contributed by atoms with Gasteiger partial charge in [0.1, 0.15) is 48.4 Å². The number of rotatable bonds is 20. The zero-order valence-corrected chi connectivity index (χ0v) is 46.1. The van der Waals surface area contributed by atoms with Crippen LogP contribution in [0, 0.1) is 5.92 Å². The third-order valence-corrected chi connectivity index (χ3v) is 15.2. The van der Waals surface area contributed by atoms with Crippen LogP contribution in [0.3, 0.4) is 0 Å². The third-order valence-electron chi connectivity index (χ3n) is 15.2. The average molecular weight is 1150 g/mol. The number of nitrogens with one attached hydrogen (secondary N) is 5. The summed E-state index contributed by atoms with van der Waals surface area (Å²) in [4.78, 5) is 158. The Labute approximate surface area is 468 Å². The van der Waals surface area contributed by atoms with Gasteiger partial charge in [-0.1, -0.05) is 58.8 Å². The zero-order valence-electron chi connectivity index (χ0n) is 46.1. The molecule has 4 rings (SSSR count). The number of hydrogen-bond acceptors (Lipinski definition) is 18. The molecule has 0 aromatic rings. The van der Waals surface area contributed by atoms with Crippen LogP contribution in [0.4, 0.5) is 0 Å². The molecule has 4 saturated heterocycles. The Hall–Kier alpha value is -6.76. The fourth-order valence-corrected chi connectivity index (χ4v) is 10.4. The predicted molar refractivity (Wildman–Crippen MR) is 282 cm³/mol. The van der Waals surface area contributed by atoms with Crippen LogP contribution in [0.5, 0.6) is 0 Å². The molecule has 16 N–H and O–H groups in total. The van der Waals surface area contributed by atoms with Gasteiger partial charge < -0.3 is 93.2 Å². The number of carboxylic acids is 2. The Kier molecular flexibility index (Phi) is 26.4. The number of carboxylic acid groups (broad SMARTS) is 2. The predicted octanol–water partition coefficient (Wildman–Crippen LogP) is -4.85. The summed E-state index contributed by atoms with van der Waals surface area (Å²) in [5, 5.41) is 84.8. The summed E-state index contributed by atoms with van der Waals surface area (Å²) in [5.41, 5.74) is 10.9. The molecule has 4 aliphatic rings. The number of fused-ring (bicyclic) bond motifs is 3. The maximum Gasteiger partial charge on any atom is 0.335 e. The van der Waals surface area contributed by atoms with Gasteiger partial charge in [0.15, 0.2) is 24.2 Å². The smallest absolute Gasteiger partial charge is 0.335 e. The van der Waals surface area contributed by atoms with Crippen molar-refractivity contribution >= 4 is 71.1 Å². The third kappa shape index (κ3) is 18.9. The van der Waals surface area contributed by atoms with Gasteiger partial charge in [-0.2, -0.15) is 0 Å². The number of nitrogens with two attached hydrogens (primary N) is 2. The van der Waals surface area contributed by atoms with Crippen molar-refractivity contribution in [1.29, 1.82) is 0 Å². The highest BCUT2D eigenvalue weighted by Gasteiger charge is 2.48. The van der Waals surface area contributed by atoms with Gasteiger partial charge >= 0.3 is 17.9 Å². The molecular formula is C51H83N11O19. The molecule has 6 unspecified atom stereocenters. The molecule has 0 saturated carbocycles. The minimum Gasteiger partial charge on any atom is -0.479 e. The van der Waals surface area contributed by atoms with E-state index in [1.54, 1.807) is 0 Å². The molecule has 0 radical (unpaired) electrons. The highest BCUT2D eigenvalue weighted by Crippen LogP contribution is 2.27. The van der Waals surface area contributed by atoms with Crippen molar-refractivity contribution in [3.63, 3.8) is 0 Å². The summed E-state index contributed by atoms with van der Waals surface area (Å²) < 4.78 is 5.66. The summed E-state index contributed by atoms with van der Waals surface area (Å²) in [7, 11) is 0. The van der Waals surface area contributed by atoms with E-state index in [2.05, 4.69) is 34.8 Å². The van der Waals surface area contributed by atoms with Gasteiger partial charge in [0.25, 0.3) is 0 Å². The minimum atomic E-state index is -2.76. The number of aliphatic hydroxyl groups excluding tert-OH is 5. The zero-order chi connectivity index (χ0) is 60.2. The van der Waals surface area contributed by atoms with Crippen LogP contribution in [0.15, 0.2) is 4.99 Å². The fraction of sp³-hybridized carbons (Fsp3) is 0.765. The lowest BCUT2D eigenvalue weighted by Crippen LogP contribution is -2.64. The number of carbonyl (C=O) groups is 11. The Morgan fingerprint density at radius 2 is 1.22 bits per heavy atom. The number of esters is 1. The van der Waals surface area contributed by atoms with E-state index >= 15 is 0 Å². The molecule has 30 nitrogen and oxygen atoms in total. The second-order valence-corrected chi connectivity index (χ2v) is 21.3. The number of hydrogen-bond donors (Lipinski definition) is 14. The molecule has 14 atom stereocenters. The molecule has 0 bridgehead atoms. The molecule has 4 heterocycles. The normalized spacial score (nSPS) is 28.5. The molecule has 0 aliphatic carbocycles. The van der Waals surface area contributed by atoms with E-state index in [0.717, 1.165) is 43.4 Å². The fourth-order valence-electron chi connectivity index (χ4n) is 10.4. The molecule has 0 spiro atoms. The van der Waals surface area contributed by atoms with Crippen LogP contribution in [0.1, 0.15) is 130 Å². The lowest BCUT2D eigenvalue weighted by Gasteiger charge is -2.34. The van der Waals surface area contributed by atoms with E-state index in [9.17, 15) is 88.5 Å². The summed E-state index contributed by atoms with van der Waals surface area (Å²) >= 11 is 0. The summed E-state index contributed by atoms with van der Waals surface area (Å²) in [6.07, 6.45) is -4.36. The van der Waals surface area contributed by atoms with Crippen LogP contribution >= 0.6 is 0 Å². The first-order valence-corrected chi connectivity index (χ1v) is 27.8. The number of ether oxygens (including phenoxy) is 1. The summed E-state index contributed by atoms with van der Waals surface area (Å²) in [6, 6.07) is -14.9. The second-order valence-electron chi connectivity index (χ2n) is 21.3. The number of aliphatic carboxylic acids is 2. The number of aliphatic hydroxyl groups is 5. The Morgan fingerprint density at radius 1 is 0.642 bits per heavy atom. The number of unbranched alkanes of at least 4 members (excludes halogenated alkanes) is 5. The van der Waals surface area contributed by atoms with Gasteiger partial charge in [0, 0.05) is 26.2 Å². The van der Waals surface area contributed by atoms with E-state index in [1.165, 1.54) is 11.8 Å². The van der Waals surface area contributed by atoms with Crippen LogP contribution in [-0.2, 0) is 57.5 Å². The van der Waals surface area contributed by atoms with Crippen molar-refractivity contribution < 1.29 is 93.2 Å². The van der Waals surface area contributed by atoms with E-state index in [0.29, 0.717) is 23.7 Å². The van der Waals surface area contributed by atoms with Gasteiger partial charge in [-0.3, -0.25) is 43.3 Å². The first-order valence-electron chi connectivity index (χ1n) is 27.8. The number of nitrogens with zero attached hydrogens (tertiary/aromatic N) is 4. The molecule has 0 aromatic heterocycles. The van der Waals surface area contributed by atoms with Gasteiger partial charge in [-0.05, 0) is 70.6 Å². The maximum atomic E-state index is 14.5. The van der Waals surface area contributed by atoms with Crippen molar-refractivity contribution in [2.45, 2.75) is 209 Å². The summed E-state index contributed by atoms with van der Waals surface area (Å²) in [5.74, 6) is -14.5. The van der Waals surface area contributed by atoms with E-state index < -0.39 is 164 Å². The van der Waals surface area contributed by atoms with E-state index in [1.807, 2.05) is 10.6 Å². The standard InChI is InChI=1S/C51H83N11O19/c1-4-26(2)14-9-7-5-6-8-10-15-28-24-34(66)57-35(27(3)64)47(75)61-22-13-18-32(61)46(74)60-21-12-17-31(60)42(70)55-29(16-11-20-54-51(52)53)41(69)58-36(39(67)48(76)77)43(71)56-30(25-63)45(73)62-23-19-33(65)38(62)44(72)59-37(50(80)81-28)40(68)49(78)79/h26-33,35-40,63-65,67-68H,4-25H2,1-3H3,(H,55,70)(H,56,71)(H,57,66)(H,58,69)(H,59,72)(H,76,77)(H,78,79)(H4,52,53,54)/t26?,27-,28?,29+,30+,31+,32+,33?,35+,36?,37+,38+,39?,40?/m1/s1. The summed E-state index contributed by atoms with van der Waals surface area (Å²) in [6.45, 7) is 3.60. The highest BCUT2D eigenvalue weighted by atomic mass is 16.5. The molecular weight excluding hydrogens is 1070 g/mol. The van der Waals surface area contributed by atoms with Crippen LogP contribution in [0.25, 0.3) is 0 Å². The van der Waals surface area contributed by atoms with Crippen LogP contribution < -0.4 is 38.1 Å². The van der Waals surface area contributed by atoms with Crippen LogP contribution in [-0.4, -0.2) is 233 Å². The van der Waals surface area contributed by atoms with E-state index in [-0.39, 0.29) is 77.0 Å². The van der Waals surface area contributed by atoms with Gasteiger partial charge in [-0.15, -0.1) is 0 Å². The van der Waals surface area contributed by atoms with Gasteiger partial charge in [0.2, 0.25) is 47.3 Å². The monoisotopic (exact) mass is 1150 g/mol. The average Bonchev–Trinajstić information content (AvgIpc) is 4.23. The number of cyclic esters (lactones) is 1. The van der Waals surface area contributed by atoms with Crippen molar-refractivity contribution in [2.75, 3.05) is 32.8 Å². The maximum absolute atomic E-state index is 14.5. The lowest BCUT2D eigenvalue weighted by molar-refractivity contribution is -0.165. The molecule has 30 heteroatoms. The molecule has 8 amide bonds. The molecule has 81 heavy (non-hydrogen) atoms. The highest BCUT2D eigenvalue weighted by molar-refractivity contribution is 6.00. The van der Waals surface area contributed by atoms with E-state index in [4.69, 9.17) is 16.2 Å². The topological polar surface area (TPSA) is 473 Å². The first kappa shape index (κ1) is 66.7. The van der Waals surface area contributed by atoms with Crippen LogP contribution in [0.2, 0.25) is 0 Å². The second kappa shape index (κ2) is 32.0. The van der Waals surface area contributed by atoms with Crippen molar-refractivity contribution in [2.24, 2.45) is 22.4 Å².